The molecular formula is C23H22N4O2. The van der Waals surface area contributed by atoms with Crippen LogP contribution in [0.1, 0.15) is 16.7 Å². The number of nitrogens with one attached hydrogen (secondary N) is 1. The SMILES string of the molecule is Cc1cc(=O)n2c3ccccc3n(C[C@H](O)CNCc3ccccc3)c2c1C#N. The van der Waals surface area contributed by atoms with E-state index in [1.807, 2.05) is 59.2 Å². The van der Waals surface area contributed by atoms with Gasteiger partial charge in [-0.25, -0.2) is 0 Å². The molecule has 146 valence electrons. The van der Waals surface area contributed by atoms with Crippen LogP contribution in [-0.4, -0.2) is 26.7 Å². The van der Waals surface area contributed by atoms with Crippen molar-refractivity contribution >= 4 is 16.7 Å². The van der Waals surface area contributed by atoms with Crippen LogP contribution in [0.3, 0.4) is 0 Å². The summed E-state index contributed by atoms with van der Waals surface area (Å²) < 4.78 is 3.43. The number of aliphatic hydroxyl groups excluding tert-OH is 1. The Bertz CT molecular complexity index is 1270. The second-order valence-corrected chi connectivity index (χ2v) is 7.18. The van der Waals surface area contributed by atoms with Crippen molar-refractivity contribution in [2.45, 2.75) is 26.1 Å². The highest BCUT2D eigenvalue weighted by molar-refractivity contribution is 5.84. The van der Waals surface area contributed by atoms with E-state index in [0.717, 1.165) is 16.6 Å². The van der Waals surface area contributed by atoms with Crippen LogP contribution in [0, 0.1) is 18.3 Å². The molecule has 6 nitrogen and oxygen atoms in total. The Kier molecular flexibility index (Phi) is 5.17. The van der Waals surface area contributed by atoms with E-state index < -0.39 is 6.10 Å². The van der Waals surface area contributed by atoms with E-state index >= 15 is 0 Å². The van der Waals surface area contributed by atoms with Crippen molar-refractivity contribution in [3.63, 3.8) is 0 Å². The van der Waals surface area contributed by atoms with Gasteiger partial charge in [0, 0.05) is 19.2 Å². The first-order valence-electron chi connectivity index (χ1n) is 9.56. The van der Waals surface area contributed by atoms with Gasteiger partial charge in [-0.05, 0) is 30.2 Å². The zero-order chi connectivity index (χ0) is 20.4. The van der Waals surface area contributed by atoms with Gasteiger partial charge in [-0.3, -0.25) is 9.20 Å². The number of rotatable bonds is 6. The van der Waals surface area contributed by atoms with E-state index in [9.17, 15) is 15.2 Å². The lowest BCUT2D eigenvalue weighted by Gasteiger charge is -2.15. The van der Waals surface area contributed by atoms with Crippen LogP contribution in [0.2, 0.25) is 0 Å². The van der Waals surface area contributed by atoms with Crippen LogP contribution < -0.4 is 10.9 Å². The van der Waals surface area contributed by atoms with Gasteiger partial charge in [-0.1, -0.05) is 42.5 Å². The number of aromatic nitrogens is 2. The molecule has 2 N–H and O–H groups in total. The molecule has 0 radical (unpaired) electrons. The van der Waals surface area contributed by atoms with Crippen LogP contribution in [0.15, 0.2) is 65.5 Å². The van der Waals surface area contributed by atoms with Crippen LogP contribution in [-0.2, 0) is 13.1 Å². The van der Waals surface area contributed by atoms with Crippen molar-refractivity contribution in [1.82, 2.24) is 14.3 Å². The van der Waals surface area contributed by atoms with E-state index in [0.29, 0.717) is 29.9 Å². The molecule has 6 heteroatoms. The van der Waals surface area contributed by atoms with E-state index in [2.05, 4.69) is 11.4 Å². The molecule has 0 spiro atoms. The first-order valence-corrected chi connectivity index (χ1v) is 9.56. The number of hydrogen-bond donors (Lipinski definition) is 2. The lowest BCUT2D eigenvalue weighted by atomic mass is 10.1. The minimum absolute atomic E-state index is 0.178. The van der Waals surface area contributed by atoms with E-state index in [4.69, 9.17) is 0 Å². The summed E-state index contributed by atoms with van der Waals surface area (Å²) in [6.45, 7) is 3.09. The van der Waals surface area contributed by atoms with Crippen molar-refractivity contribution in [3.8, 4) is 6.07 Å². The molecule has 0 aliphatic rings. The number of nitrogens with zero attached hydrogens (tertiary/aromatic N) is 3. The largest absolute Gasteiger partial charge is 0.390 e. The predicted octanol–water partition coefficient (Wildman–Crippen LogP) is 2.59. The van der Waals surface area contributed by atoms with Crippen molar-refractivity contribution in [2.24, 2.45) is 0 Å². The Labute approximate surface area is 168 Å². The maximum absolute atomic E-state index is 12.7. The van der Waals surface area contributed by atoms with Crippen LogP contribution in [0.4, 0.5) is 0 Å². The molecule has 0 aliphatic carbocycles. The third kappa shape index (κ3) is 3.54. The topological polar surface area (TPSA) is 82.5 Å². The third-order valence-corrected chi connectivity index (χ3v) is 5.12. The summed E-state index contributed by atoms with van der Waals surface area (Å²) in [5.74, 6) is 0. The van der Waals surface area contributed by atoms with Gasteiger partial charge in [0.1, 0.15) is 11.7 Å². The molecule has 0 amide bonds. The standard InChI is InChI=1S/C23H22N4O2/c1-16-11-22(29)27-21-10-6-5-9-20(21)26(23(27)19(16)12-24)15-18(28)14-25-13-17-7-3-2-4-8-17/h2-11,18,25,28H,13-15H2,1H3/t18-/m1/s1. The van der Waals surface area contributed by atoms with Crippen molar-refractivity contribution in [3.05, 3.63) is 87.7 Å². The molecule has 1 atom stereocenters. The number of aliphatic hydroxyl groups is 1. The summed E-state index contributed by atoms with van der Waals surface area (Å²) in [6, 6.07) is 21.2. The molecule has 0 saturated heterocycles. The first-order chi connectivity index (χ1) is 14.1. The maximum atomic E-state index is 12.7. The van der Waals surface area contributed by atoms with Gasteiger partial charge >= 0.3 is 0 Å². The third-order valence-electron chi connectivity index (χ3n) is 5.12. The highest BCUT2D eigenvalue weighted by Crippen LogP contribution is 2.23. The first kappa shape index (κ1) is 18.9. The lowest BCUT2D eigenvalue weighted by Crippen LogP contribution is -2.30. The number of fused-ring (bicyclic) bond motifs is 3. The average molecular weight is 386 g/mol. The molecule has 0 fully saturated rings. The second kappa shape index (κ2) is 7.92. The molecule has 0 aliphatic heterocycles. The number of imidazole rings is 1. The van der Waals surface area contributed by atoms with Gasteiger partial charge in [0.15, 0.2) is 0 Å². The van der Waals surface area contributed by atoms with E-state index in [1.54, 1.807) is 11.3 Å². The summed E-state index contributed by atoms with van der Waals surface area (Å²) in [5.41, 5.74) is 4.13. The molecule has 0 bridgehead atoms. The normalized spacial score (nSPS) is 12.3. The Morgan fingerprint density at radius 3 is 2.52 bits per heavy atom. The molecule has 29 heavy (non-hydrogen) atoms. The number of nitriles is 1. The fraction of sp³-hybridized carbons (Fsp3) is 0.217. The molecule has 4 aromatic rings. The summed E-state index contributed by atoms with van der Waals surface area (Å²) in [7, 11) is 0. The molecule has 0 saturated carbocycles. The predicted molar refractivity (Wildman–Crippen MR) is 113 cm³/mol. The minimum atomic E-state index is -0.680. The fourth-order valence-electron chi connectivity index (χ4n) is 3.78. The van der Waals surface area contributed by atoms with Gasteiger partial charge in [0.25, 0.3) is 5.56 Å². The Balaban J connectivity index is 1.69. The Hall–Kier alpha value is -3.40. The Morgan fingerprint density at radius 2 is 1.79 bits per heavy atom. The van der Waals surface area contributed by atoms with Gasteiger partial charge in [0.05, 0.1) is 29.2 Å². The van der Waals surface area contributed by atoms with Crippen LogP contribution in [0.5, 0.6) is 0 Å². The highest BCUT2D eigenvalue weighted by atomic mass is 16.3. The summed E-state index contributed by atoms with van der Waals surface area (Å²) >= 11 is 0. The van der Waals surface area contributed by atoms with E-state index in [1.165, 1.54) is 6.07 Å². The van der Waals surface area contributed by atoms with Crippen LogP contribution >= 0.6 is 0 Å². The zero-order valence-corrected chi connectivity index (χ0v) is 16.2. The molecule has 2 aromatic carbocycles. The summed E-state index contributed by atoms with van der Waals surface area (Å²) in [6.07, 6.45) is -0.680. The molecule has 2 heterocycles. The number of aryl methyl sites for hydroxylation is 1. The number of hydrogen-bond acceptors (Lipinski definition) is 4. The van der Waals surface area contributed by atoms with Gasteiger partial charge in [-0.15, -0.1) is 0 Å². The maximum Gasteiger partial charge on any atom is 0.257 e. The monoisotopic (exact) mass is 386 g/mol. The molecule has 4 rings (SSSR count). The Morgan fingerprint density at radius 1 is 1.10 bits per heavy atom. The smallest absolute Gasteiger partial charge is 0.257 e. The van der Waals surface area contributed by atoms with E-state index in [-0.39, 0.29) is 12.1 Å². The van der Waals surface area contributed by atoms with Gasteiger partial charge in [-0.2, -0.15) is 5.26 Å². The number of para-hydroxylation sites is 2. The number of benzene rings is 2. The van der Waals surface area contributed by atoms with Gasteiger partial charge in [0.2, 0.25) is 0 Å². The second-order valence-electron chi connectivity index (χ2n) is 7.18. The lowest BCUT2D eigenvalue weighted by molar-refractivity contribution is 0.154. The van der Waals surface area contributed by atoms with Crippen LogP contribution in [0.25, 0.3) is 16.7 Å². The summed E-state index contributed by atoms with van der Waals surface area (Å²) in [5, 5.41) is 23.6. The zero-order valence-electron chi connectivity index (χ0n) is 16.2. The average Bonchev–Trinajstić information content (AvgIpc) is 3.04. The molecular weight excluding hydrogens is 364 g/mol. The number of pyridine rings is 1. The fourth-order valence-corrected chi connectivity index (χ4v) is 3.78. The molecule has 2 aromatic heterocycles. The highest BCUT2D eigenvalue weighted by Gasteiger charge is 2.19. The molecule has 0 unspecified atom stereocenters. The van der Waals surface area contributed by atoms with Crippen molar-refractivity contribution in [2.75, 3.05) is 6.54 Å². The van der Waals surface area contributed by atoms with Crippen molar-refractivity contribution < 1.29 is 5.11 Å². The van der Waals surface area contributed by atoms with Gasteiger partial charge < -0.3 is 15.0 Å². The summed E-state index contributed by atoms with van der Waals surface area (Å²) in [4.78, 5) is 12.7. The minimum Gasteiger partial charge on any atom is -0.390 e. The quantitative estimate of drug-likeness (QED) is 0.534. The van der Waals surface area contributed by atoms with Crippen molar-refractivity contribution in [1.29, 1.82) is 5.26 Å².